The Labute approximate surface area is 147 Å². The van der Waals surface area contributed by atoms with Crippen molar-refractivity contribution in [2.75, 3.05) is 20.2 Å². The maximum absolute atomic E-state index is 12.6. The Morgan fingerprint density at radius 2 is 2.12 bits per heavy atom. The van der Waals surface area contributed by atoms with Crippen LogP contribution in [0.1, 0.15) is 27.5 Å². The first-order valence-corrected chi connectivity index (χ1v) is 7.68. The van der Waals surface area contributed by atoms with E-state index >= 15 is 0 Å². The van der Waals surface area contributed by atoms with Crippen LogP contribution in [0.25, 0.3) is 5.82 Å². The van der Waals surface area contributed by atoms with E-state index < -0.39 is 0 Å². The molecule has 2 atom stereocenters. The Kier molecular flexibility index (Phi) is 5.69. The summed E-state index contributed by atoms with van der Waals surface area (Å²) in [5.41, 5.74) is 2.42. The quantitative estimate of drug-likeness (QED) is 0.870. The van der Waals surface area contributed by atoms with E-state index in [0.29, 0.717) is 17.9 Å². The van der Waals surface area contributed by atoms with Gasteiger partial charge in [0, 0.05) is 37.7 Å². The van der Waals surface area contributed by atoms with E-state index in [0.717, 1.165) is 23.7 Å². The highest BCUT2D eigenvalue weighted by molar-refractivity contribution is 5.96. The highest BCUT2D eigenvalue weighted by Crippen LogP contribution is 2.21. The number of aromatic nitrogens is 2. The van der Waals surface area contributed by atoms with E-state index in [9.17, 15) is 4.79 Å². The fourth-order valence-electron chi connectivity index (χ4n) is 3.10. The molecule has 1 aliphatic rings. The summed E-state index contributed by atoms with van der Waals surface area (Å²) >= 11 is 0. The SMILES string of the molecule is CO[C@H]1CNCC1NC(=O)c1cc(C)n(-c2cc(C)on2)c1C.Cl. The third-order valence-electron chi connectivity index (χ3n) is 4.30. The summed E-state index contributed by atoms with van der Waals surface area (Å²) in [7, 11) is 1.66. The number of nitrogens with one attached hydrogen (secondary N) is 2. The van der Waals surface area contributed by atoms with Gasteiger partial charge in [-0.25, -0.2) is 0 Å². The van der Waals surface area contributed by atoms with Gasteiger partial charge in [0.1, 0.15) is 5.76 Å². The fraction of sp³-hybridized carbons (Fsp3) is 0.500. The Morgan fingerprint density at radius 1 is 1.38 bits per heavy atom. The molecule has 2 aromatic rings. The molecular formula is C16H23ClN4O3. The number of ether oxygens (including phenoxy) is 1. The lowest BCUT2D eigenvalue weighted by atomic mass is 10.1. The number of rotatable bonds is 4. The van der Waals surface area contributed by atoms with Crippen LogP contribution in [0.4, 0.5) is 0 Å². The first-order chi connectivity index (χ1) is 11.0. The molecule has 0 aliphatic carbocycles. The number of nitrogens with zero attached hydrogens (tertiary/aromatic N) is 2. The average molecular weight is 355 g/mol. The monoisotopic (exact) mass is 354 g/mol. The molecule has 0 radical (unpaired) electrons. The van der Waals surface area contributed by atoms with Crippen LogP contribution in [0.15, 0.2) is 16.7 Å². The summed E-state index contributed by atoms with van der Waals surface area (Å²) in [6.45, 7) is 7.16. The van der Waals surface area contributed by atoms with Crippen LogP contribution >= 0.6 is 12.4 Å². The second-order valence-corrected chi connectivity index (χ2v) is 5.93. The maximum atomic E-state index is 12.6. The van der Waals surface area contributed by atoms with Gasteiger partial charge in [0.2, 0.25) is 0 Å². The summed E-state index contributed by atoms with van der Waals surface area (Å²) in [5.74, 6) is 1.33. The number of amides is 1. The molecule has 7 nitrogen and oxygen atoms in total. The highest BCUT2D eigenvalue weighted by atomic mass is 35.5. The fourth-order valence-corrected chi connectivity index (χ4v) is 3.10. The van der Waals surface area contributed by atoms with Crippen LogP contribution in [0.2, 0.25) is 0 Å². The van der Waals surface area contributed by atoms with Gasteiger partial charge in [-0.1, -0.05) is 5.16 Å². The predicted molar refractivity (Wildman–Crippen MR) is 92.2 cm³/mol. The van der Waals surface area contributed by atoms with Crippen molar-refractivity contribution < 1.29 is 14.1 Å². The molecule has 1 amide bonds. The van der Waals surface area contributed by atoms with Crippen molar-refractivity contribution >= 4 is 18.3 Å². The van der Waals surface area contributed by atoms with Gasteiger partial charge in [-0.15, -0.1) is 12.4 Å². The summed E-state index contributed by atoms with van der Waals surface area (Å²) in [6.07, 6.45) is 0.000582. The lowest BCUT2D eigenvalue weighted by Gasteiger charge is -2.18. The Balaban J connectivity index is 0.00000208. The third kappa shape index (κ3) is 3.33. The second-order valence-electron chi connectivity index (χ2n) is 5.93. The van der Waals surface area contributed by atoms with E-state index in [1.807, 2.05) is 37.5 Å². The molecule has 1 unspecified atom stereocenters. The summed E-state index contributed by atoms with van der Waals surface area (Å²) in [6, 6.07) is 3.70. The van der Waals surface area contributed by atoms with E-state index in [4.69, 9.17) is 9.26 Å². The number of hydrogen-bond acceptors (Lipinski definition) is 5. The van der Waals surface area contributed by atoms with Crippen molar-refractivity contribution in [3.63, 3.8) is 0 Å². The molecule has 3 rings (SSSR count). The van der Waals surface area contributed by atoms with Crippen LogP contribution in [-0.2, 0) is 4.74 Å². The topological polar surface area (TPSA) is 81.3 Å². The maximum Gasteiger partial charge on any atom is 0.253 e. The Hall–Kier alpha value is -1.83. The molecule has 0 spiro atoms. The molecule has 0 saturated carbocycles. The van der Waals surface area contributed by atoms with Gasteiger partial charge >= 0.3 is 0 Å². The van der Waals surface area contributed by atoms with Crippen LogP contribution in [-0.4, -0.2) is 48.0 Å². The lowest BCUT2D eigenvalue weighted by Crippen LogP contribution is -2.43. The van der Waals surface area contributed by atoms with Crippen molar-refractivity contribution in [3.8, 4) is 5.82 Å². The average Bonchev–Trinajstić information content (AvgIpc) is 3.19. The van der Waals surface area contributed by atoms with Gasteiger partial charge in [-0.3, -0.25) is 9.36 Å². The number of aryl methyl sites for hydroxylation is 2. The minimum absolute atomic E-state index is 0. The number of halogens is 1. The van der Waals surface area contributed by atoms with Crippen molar-refractivity contribution in [2.45, 2.75) is 32.9 Å². The first kappa shape index (κ1) is 18.5. The highest BCUT2D eigenvalue weighted by Gasteiger charge is 2.29. The molecule has 24 heavy (non-hydrogen) atoms. The number of hydrogen-bond donors (Lipinski definition) is 2. The zero-order chi connectivity index (χ0) is 16.6. The molecular weight excluding hydrogens is 332 g/mol. The smallest absolute Gasteiger partial charge is 0.253 e. The van der Waals surface area contributed by atoms with E-state index in [1.54, 1.807) is 7.11 Å². The van der Waals surface area contributed by atoms with Crippen LogP contribution < -0.4 is 10.6 Å². The molecule has 1 saturated heterocycles. The van der Waals surface area contributed by atoms with Gasteiger partial charge in [-0.2, -0.15) is 0 Å². The van der Waals surface area contributed by atoms with E-state index in [2.05, 4.69) is 15.8 Å². The van der Waals surface area contributed by atoms with Crippen molar-refractivity contribution in [1.82, 2.24) is 20.4 Å². The molecule has 1 aliphatic heterocycles. The number of carbonyl (C=O) groups excluding carboxylic acids is 1. The van der Waals surface area contributed by atoms with Crippen molar-refractivity contribution in [3.05, 3.63) is 34.8 Å². The Bertz CT molecular complexity index is 725. The normalized spacial score (nSPS) is 20.0. The van der Waals surface area contributed by atoms with E-state index in [-0.39, 0.29) is 30.5 Å². The van der Waals surface area contributed by atoms with Crippen LogP contribution in [0.5, 0.6) is 0 Å². The molecule has 0 aromatic carbocycles. The molecule has 2 aromatic heterocycles. The second kappa shape index (κ2) is 7.38. The standard InChI is InChI=1S/C16H22N4O3.ClH/c1-9-5-12(11(3)20(9)15-6-10(2)23-19-15)16(21)18-13-7-17-8-14(13)22-4;/h5-6,13-14,17H,7-8H2,1-4H3,(H,18,21);1H/t13?,14-;/m0./s1. The summed E-state index contributed by atoms with van der Waals surface area (Å²) in [4.78, 5) is 12.6. The van der Waals surface area contributed by atoms with Crippen molar-refractivity contribution in [2.24, 2.45) is 0 Å². The molecule has 3 heterocycles. The minimum Gasteiger partial charge on any atom is -0.378 e. The van der Waals surface area contributed by atoms with Gasteiger partial charge in [0.05, 0.1) is 17.7 Å². The molecule has 1 fully saturated rings. The summed E-state index contributed by atoms with van der Waals surface area (Å²) in [5, 5.41) is 10.3. The van der Waals surface area contributed by atoms with Crippen LogP contribution in [0.3, 0.4) is 0 Å². The number of carbonyl (C=O) groups is 1. The first-order valence-electron chi connectivity index (χ1n) is 7.68. The zero-order valence-corrected chi connectivity index (χ0v) is 15.1. The Morgan fingerprint density at radius 3 is 2.75 bits per heavy atom. The molecule has 8 heteroatoms. The van der Waals surface area contributed by atoms with Gasteiger partial charge < -0.3 is 19.9 Å². The third-order valence-corrected chi connectivity index (χ3v) is 4.30. The van der Waals surface area contributed by atoms with Crippen LogP contribution in [0, 0.1) is 20.8 Å². The van der Waals surface area contributed by atoms with Crippen molar-refractivity contribution in [1.29, 1.82) is 0 Å². The largest absolute Gasteiger partial charge is 0.378 e. The summed E-state index contributed by atoms with van der Waals surface area (Å²) < 4.78 is 12.4. The van der Waals surface area contributed by atoms with Gasteiger partial charge in [0.25, 0.3) is 5.91 Å². The predicted octanol–water partition coefficient (Wildman–Crippen LogP) is 1.53. The zero-order valence-electron chi connectivity index (χ0n) is 14.3. The minimum atomic E-state index is -0.0969. The molecule has 132 valence electrons. The van der Waals surface area contributed by atoms with Gasteiger partial charge in [0.15, 0.2) is 5.82 Å². The molecule has 0 bridgehead atoms. The molecule has 2 N–H and O–H groups in total. The van der Waals surface area contributed by atoms with E-state index in [1.165, 1.54) is 0 Å². The van der Waals surface area contributed by atoms with Gasteiger partial charge in [-0.05, 0) is 26.8 Å². The lowest BCUT2D eigenvalue weighted by molar-refractivity contribution is 0.0779. The number of methoxy groups -OCH3 is 1.